The second kappa shape index (κ2) is 3.31. The average molecular weight is 220 g/mol. The van der Waals surface area contributed by atoms with Crippen molar-refractivity contribution >= 4 is 11.9 Å². The van der Waals surface area contributed by atoms with Crippen LogP contribution in [0.5, 0.6) is 5.75 Å². The van der Waals surface area contributed by atoms with Crippen molar-refractivity contribution in [1.29, 1.82) is 0 Å². The number of benzene rings is 1. The smallest absolute Gasteiger partial charge is 0.347 e. The minimum absolute atomic E-state index is 0.244. The van der Waals surface area contributed by atoms with Gasteiger partial charge in [-0.2, -0.15) is 0 Å². The lowest BCUT2D eigenvalue weighted by atomic mass is 10.1. The maximum absolute atomic E-state index is 11.3. The Bertz CT molecular complexity index is 475. The van der Waals surface area contributed by atoms with E-state index in [1.165, 1.54) is 12.1 Å². The van der Waals surface area contributed by atoms with Crippen LogP contribution in [-0.4, -0.2) is 24.8 Å². The number of esters is 2. The monoisotopic (exact) mass is 220 g/mol. The van der Waals surface area contributed by atoms with Crippen LogP contribution >= 0.6 is 0 Å². The van der Waals surface area contributed by atoms with Crippen LogP contribution in [0.4, 0.5) is 0 Å². The standard InChI is InChI=1S/C11H8O5/c12-10-7-2-1-6(15-9-3-4-14-9)5-8(7)11(13)16-10/h1-2,5,9H,3-4H2. The van der Waals surface area contributed by atoms with Gasteiger partial charge in [0, 0.05) is 6.42 Å². The highest BCUT2D eigenvalue weighted by Gasteiger charge is 2.30. The van der Waals surface area contributed by atoms with Crippen LogP contribution in [0.2, 0.25) is 0 Å². The Labute approximate surface area is 90.9 Å². The Balaban J connectivity index is 1.89. The topological polar surface area (TPSA) is 61.8 Å². The van der Waals surface area contributed by atoms with E-state index in [2.05, 4.69) is 4.74 Å². The largest absolute Gasteiger partial charge is 0.465 e. The van der Waals surface area contributed by atoms with Gasteiger partial charge in [-0.05, 0) is 18.2 Å². The van der Waals surface area contributed by atoms with Crippen molar-refractivity contribution in [2.24, 2.45) is 0 Å². The van der Waals surface area contributed by atoms with E-state index in [9.17, 15) is 9.59 Å². The summed E-state index contributed by atoms with van der Waals surface area (Å²) in [4.78, 5) is 22.4. The molecule has 1 aromatic carbocycles. The third-order valence-corrected chi connectivity index (χ3v) is 2.54. The van der Waals surface area contributed by atoms with Crippen molar-refractivity contribution in [2.45, 2.75) is 12.7 Å². The van der Waals surface area contributed by atoms with Gasteiger partial charge in [0.15, 0.2) is 0 Å². The summed E-state index contributed by atoms with van der Waals surface area (Å²) in [5.74, 6) is -0.721. The Kier molecular flexibility index (Phi) is 1.94. The number of ether oxygens (including phenoxy) is 3. The molecule has 5 heteroatoms. The minimum atomic E-state index is -0.625. The van der Waals surface area contributed by atoms with Gasteiger partial charge < -0.3 is 14.2 Å². The molecule has 0 radical (unpaired) electrons. The lowest BCUT2D eigenvalue weighted by molar-refractivity contribution is -0.165. The lowest BCUT2D eigenvalue weighted by Crippen LogP contribution is -2.32. The molecule has 82 valence electrons. The van der Waals surface area contributed by atoms with Gasteiger partial charge in [0.05, 0.1) is 17.7 Å². The molecule has 5 nitrogen and oxygen atoms in total. The Morgan fingerprint density at radius 2 is 1.94 bits per heavy atom. The second-order valence-electron chi connectivity index (χ2n) is 3.59. The zero-order valence-electron chi connectivity index (χ0n) is 8.26. The molecule has 0 amide bonds. The second-order valence-corrected chi connectivity index (χ2v) is 3.59. The molecule has 1 fully saturated rings. The van der Waals surface area contributed by atoms with E-state index in [-0.39, 0.29) is 17.4 Å². The molecule has 0 aromatic heterocycles. The third kappa shape index (κ3) is 1.37. The fourth-order valence-electron chi connectivity index (χ4n) is 1.60. The highest BCUT2D eigenvalue weighted by molar-refractivity contribution is 6.14. The summed E-state index contributed by atoms with van der Waals surface area (Å²) in [5.41, 5.74) is 0.536. The Morgan fingerprint density at radius 3 is 2.62 bits per heavy atom. The number of hydrogen-bond donors (Lipinski definition) is 0. The molecule has 0 N–H and O–H groups in total. The molecule has 1 saturated heterocycles. The number of cyclic esters (lactones) is 2. The SMILES string of the molecule is O=C1OC(=O)c2cc(OC3CCO3)ccc21. The quantitative estimate of drug-likeness (QED) is 0.552. The zero-order valence-corrected chi connectivity index (χ0v) is 8.26. The highest BCUT2D eigenvalue weighted by Crippen LogP contribution is 2.26. The van der Waals surface area contributed by atoms with Crippen molar-refractivity contribution in [3.63, 3.8) is 0 Å². The van der Waals surface area contributed by atoms with Gasteiger partial charge in [0.1, 0.15) is 5.75 Å². The molecule has 16 heavy (non-hydrogen) atoms. The summed E-state index contributed by atoms with van der Waals surface area (Å²) in [6, 6.07) is 4.65. The Morgan fingerprint density at radius 1 is 1.19 bits per heavy atom. The van der Waals surface area contributed by atoms with Crippen LogP contribution in [-0.2, 0) is 9.47 Å². The normalized spacial score (nSPS) is 22.4. The maximum Gasteiger partial charge on any atom is 0.347 e. The fourth-order valence-corrected chi connectivity index (χ4v) is 1.60. The van der Waals surface area contributed by atoms with E-state index < -0.39 is 11.9 Å². The van der Waals surface area contributed by atoms with Gasteiger partial charge in [0.25, 0.3) is 0 Å². The van der Waals surface area contributed by atoms with Crippen LogP contribution in [0.3, 0.4) is 0 Å². The van der Waals surface area contributed by atoms with Crippen molar-refractivity contribution < 1.29 is 23.8 Å². The number of carbonyl (C=O) groups is 2. The first kappa shape index (κ1) is 9.35. The fraction of sp³-hybridized carbons (Fsp3) is 0.273. The molecule has 0 spiro atoms. The van der Waals surface area contributed by atoms with Crippen LogP contribution in [0, 0.1) is 0 Å². The Hall–Kier alpha value is -1.88. The van der Waals surface area contributed by atoms with E-state index in [0.29, 0.717) is 12.4 Å². The molecule has 1 aromatic rings. The first-order valence-corrected chi connectivity index (χ1v) is 4.93. The van der Waals surface area contributed by atoms with Crippen molar-refractivity contribution in [3.8, 4) is 5.75 Å². The van der Waals surface area contributed by atoms with Crippen LogP contribution in [0.25, 0.3) is 0 Å². The number of fused-ring (bicyclic) bond motifs is 1. The number of hydrogen-bond acceptors (Lipinski definition) is 5. The summed E-state index contributed by atoms with van der Waals surface area (Å²) in [6.45, 7) is 0.691. The predicted octanol–water partition coefficient (Wildman–Crippen LogP) is 1.12. The van der Waals surface area contributed by atoms with E-state index in [4.69, 9.17) is 9.47 Å². The van der Waals surface area contributed by atoms with E-state index in [1.807, 2.05) is 0 Å². The van der Waals surface area contributed by atoms with Gasteiger partial charge in [-0.25, -0.2) is 9.59 Å². The van der Waals surface area contributed by atoms with E-state index >= 15 is 0 Å². The molecule has 0 bridgehead atoms. The first-order valence-electron chi connectivity index (χ1n) is 4.93. The summed E-state index contributed by atoms with van der Waals surface area (Å²) < 4.78 is 15.0. The van der Waals surface area contributed by atoms with E-state index in [1.54, 1.807) is 6.07 Å². The molecule has 2 aliphatic rings. The van der Waals surface area contributed by atoms with Gasteiger partial charge in [0.2, 0.25) is 6.29 Å². The summed E-state index contributed by atoms with van der Waals surface area (Å²) >= 11 is 0. The molecule has 3 rings (SSSR count). The maximum atomic E-state index is 11.3. The van der Waals surface area contributed by atoms with Gasteiger partial charge in [-0.3, -0.25) is 0 Å². The van der Waals surface area contributed by atoms with Gasteiger partial charge >= 0.3 is 11.9 Å². The summed E-state index contributed by atoms with van der Waals surface area (Å²) in [6.07, 6.45) is 0.590. The van der Waals surface area contributed by atoms with Crippen LogP contribution in [0.1, 0.15) is 27.1 Å². The van der Waals surface area contributed by atoms with E-state index in [0.717, 1.165) is 6.42 Å². The molecule has 2 aliphatic heterocycles. The van der Waals surface area contributed by atoms with Crippen molar-refractivity contribution in [1.82, 2.24) is 0 Å². The average Bonchev–Trinajstić information content (AvgIpc) is 2.49. The van der Waals surface area contributed by atoms with Crippen molar-refractivity contribution in [3.05, 3.63) is 29.3 Å². The summed E-state index contributed by atoms with van der Waals surface area (Å²) in [5, 5.41) is 0. The lowest BCUT2D eigenvalue weighted by Gasteiger charge is -2.26. The molecular weight excluding hydrogens is 212 g/mol. The van der Waals surface area contributed by atoms with Crippen LogP contribution < -0.4 is 4.74 Å². The molecule has 0 aliphatic carbocycles. The highest BCUT2D eigenvalue weighted by atomic mass is 16.7. The molecular formula is C11H8O5. The van der Waals surface area contributed by atoms with Crippen molar-refractivity contribution in [2.75, 3.05) is 6.61 Å². The molecule has 1 atom stereocenters. The zero-order chi connectivity index (χ0) is 11.1. The third-order valence-electron chi connectivity index (χ3n) is 2.54. The molecule has 2 heterocycles. The van der Waals surface area contributed by atoms with Gasteiger partial charge in [-0.15, -0.1) is 0 Å². The number of rotatable bonds is 2. The van der Waals surface area contributed by atoms with Gasteiger partial charge in [-0.1, -0.05) is 0 Å². The predicted molar refractivity (Wildman–Crippen MR) is 51.2 cm³/mol. The molecule has 1 unspecified atom stereocenters. The first-order chi connectivity index (χ1) is 7.74. The summed E-state index contributed by atoms with van der Waals surface area (Å²) in [7, 11) is 0. The minimum Gasteiger partial charge on any atom is -0.465 e. The number of carbonyl (C=O) groups excluding carboxylic acids is 2. The molecule has 0 saturated carbocycles. The van der Waals surface area contributed by atoms with Crippen LogP contribution in [0.15, 0.2) is 18.2 Å².